The molecule has 0 atom stereocenters. The molecule has 0 spiro atoms. The normalized spacial score (nSPS) is 9.79. The van der Waals surface area contributed by atoms with Crippen molar-refractivity contribution < 1.29 is 9.21 Å². The molecule has 0 bridgehead atoms. The lowest BCUT2D eigenvalue weighted by Crippen LogP contribution is -2.24. The molecule has 1 aromatic heterocycles. The number of hydrogen-bond acceptors (Lipinski definition) is 3. The van der Waals surface area contributed by atoms with Crippen LogP contribution in [-0.2, 0) is 0 Å². The van der Waals surface area contributed by atoms with E-state index >= 15 is 0 Å². The summed E-state index contributed by atoms with van der Waals surface area (Å²) in [5.74, 6) is -0.206. The fourth-order valence-corrected chi connectivity index (χ4v) is 0.968. The van der Waals surface area contributed by atoms with Crippen molar-refractivity contribution in [2.75, 3.05) is 6.54 Å². The van der Waals surface area contributed by atoms with Crippen molar-refractivity contribution in [3.63, 3.8) is 0 Å². The lowest BCUT2D eigenvalue weighted by atomic mass is 10.2. The average molecular weight is 195 g/mol. The van der Waals surface area contributed by atoms with Crippen molar-refractivity contribution in [1.29, 1.82) is 0 Å². The zero-order chi connectivity index (χ0) is 10.4. The second-order valence-electron chi connectivity index (χ2n) is 2.95. The molecule has 0 radical (unpaired) electrons. The molecule has 0 saturated carbocycles. The van der Waals surface area contributed by atoms with Crippen LogP contribution in [0.4, 0.5) is 0 Å². The van der Waals surface area contributed by atoms with Gasteiger partial charge in [-0.05, 0) is 12.5 Å². The van der Waals surface area contributed by atoms with Gasteiger partial charge in [-0.15, -0.1) is 0 Å². The summed E-state index contributed by atoms with van der Waals surface area (Å²) in [6.45, 7) is 2.70. The first-order valence-corrected chi connectivity index (χ1v) is 4.61. The molecule has 0 aliphatic rings. The largest absolute Gasteiger partial charge is 0.430 e. The van der Waals surface area contributed by atoms with Gasteiger partial charge >= 0.3 is 5.63 Å². The van der Waals surface area contributed by atoms with Crippen LogP contribution in [0.3, 0.4) is 0 Å². The monoisotopic (exact) mass is 195 g/mol. The first-order valence-electron chi connectivity index (χ1n) is 4.61. The molecule has 0 aliphatic carbocycles. The van der Waals surface area contributed by atoms with Gasteiger partial charge < -0.3 is 9.73 Å². The van der Waals surface area contributed by atoms with Gasteiger partial charge in [-0.3, -0.25) is 4.79 Å². The zero-order valence-electron chi connectivity index (χ0n) is 8.08. The smallest absolute Gasteiger partial charge is 0.335 e. The van der Waals surface area contributed by atoms with Gasteiger partial charge in [0.25, 0.3) is 5.91 Å². The van der Waals surface area contributed by atoms with E-state index in [1.807, 2.05) is 6.92 Å². The maximum absolute atomic E-state index is 11.4. The Morgan fingerprint density at radius 1 is 1.50 bits per heavy atom. The van der Waals surface area contributed by atoms with Gasteiger partial charge in [0.15, 0.2) is 0 Å². The summed E-state index contributed by atoms with van der Waals surface area (Å²) < 4.78 is 4.57. The predicted molar refractivity (Wildman–Crippen MR) is 52.2 cm³/mol. The molecule has 0 saturated heterocycles. The van der Waals surface area contributed by atoms with Crippen LogP contribution < -0.4 is 10.9 Å². The molecule has 0 fully saturated rings. The highest BCUT2D eigenvalue weighted by molar-refractivity contribution is 5.93. The van der Waals surface area contributed by atoms with Crippen LogP contribution in [0.1, 0.15) is 30.1 Å². The van der Waals surface area contributed by atoms with Crippen molar-refractivity contribution in [3.8, 4) is 0 Å². The van der Waals surface area contributed by atoms with E-state index in [0.717, 1.165) is 12.8 Å². The molecule has 0 unspecified atom stereocenters. The highest BCUT2D eigenvalue weighted by Crippen LogP contribution is 1.95. The first kappa shape index (κ1) is 10.5. The summed E-state index contributed by atoms with van der Waals surface area (Å²) in [5.41, 5.74) is -0.0733. The third kappa shape index (κ3) is 3.05. The van der Waals surface area contributed by atoms with Crippen molar-refractivity contribution in [2.24, 2.45) is 0 Å². The summed E-state index contributed by atoms with van der Waals surface area (Å²) >= 11 is 0. The molecule has 1 rings (SSSR count). The third-order valence-corrected chi connectivity index (χ3v) is 1.78. The molecule has 1 heterocycles. The minimum atomic E-state index is -0.449. The van der Waals surface area contributed by atoms with Crippen LogP contribution in [0.15, 0.2) is 27.6 Å². The van der Waals surface area contributed by atoms with Crippen LogP contribution in [0.25, 0.3) is 0 Å². The quantitative estimate of drug-likeness (QED) is 0.733. The van der Waals surface area contributed by atoms with Crippen molar-refractivity contribution in [3.05, 3.63) is 34.4 Å². The first-order chi connectivity index (χ1) is 6.74. The molecule has 1 N–H and O–H groups in total. The van der Waals surface area contributed by atoms with Crippen LogP contribution in [-0.4, -0.2) is 12.5 Å². The SMILES string of the molecule is CCCCNC(=O)c1ccc(=O)oc1. The third-order valence-electron chi connectivity index (χ3n) is 1.78. The molecule has 4 nitrogen and oxygen atoms in total. The number of nitrogens with one attached hydrogen (secondary N) is 1. The Hall–Kier alpha value is -1.58. The van der Waals surface area contributed by atoms with Crippen molar-refractivity contribution in [1.82, 2.24) is 5.32 Å². The Morgan fingerprint density at radius 2 is 2.29 bits per heavy atom. The summed E-state index contributed by atoms with van der Waals surface area (Å²) in [4.78, 5) is 22.0. The molecule has 76 valence electrons. The van der Waals surface area contributed by atoms with Gasteiger partial charge in [0.05, 0.1) is 5.56 Å². The number of rotatable bonds is 4. The van der Waals surface area contributed by atoms with E-state index in [1.165, 1.54) is 18.4 Å². The molecule has 1 aromatic rings. The highest BCUT2D eigenvalue weighted by Gasteiger charge is 2.04. The molecule has 14 heavy (non-hydrogen) atoms. The summed E-state index contributed by atoms with van der Waals surface area (Å²) in [5, 5.41) is 2.72. The summed E-state index contributed by atoms with van der Waals surface area (Å²) in [6.07, 6.45) is 3.15. The van der Waals surface area contributed by atoms with E-state index in [-0.39, 0.29) is 5.91 Å². The Bertz CT molecular complexity index is 336. The number of carbonyl (C=O) groups excluding carboxylic acids is 1. The number of carbonyl (C=O) groups is 1. The van der Waals surface area contributed by atoms with Gasteiger partial charge in [-0.1, -0.05) is 13.3 Å². The van der Waals surface area contributed by atoms with E-state index in [1.54, 1.807) is 0 Å². The topological polar surface area (TPSA) is 59.3 Å². The van der Waals surface area contributed by atoms with Crippen LogP contribution in [0, 0.1) is 0 Å². The molecule has 1 amide bonds. The maximum atomic E-state index is 11.4. The minimum absolute atomic E-state index is 0.206. The molecule has 4 heteroatoms. The Labute approximate surface area is 81.9 Å². The van der Waals surface area contributed by atoms with Crippen LogP contribution >= 0.6 is 0 Å². The Morgan fingerprint density at radius 3 is 2.86 bits per heavy atom. The summed E-state index contributed by atoms with van der Waals surface area (Å²) in [7, 11) is 0. The lowest BCUT2D eigenvalue weighted by molar-refractivity contribution is 0.0950. The van der Waals surface area contributed by atoms with Crippen LogP contribution in [0.2, 0.25) is 0 Å². The van der Waals surface area contributed by atoms with Gasteiger partial charge in [0.2, 0.25) is 0 Å². The van der Waals surface area contributed by atoms with Crippen molar-refractivity contribution >= 4 is 5.91 Å². The fourth-order valence-electron chi connectivity index (χ4n) is 0.968. The standard InChI is InChI=1S/C10H13NO3/c1-2-3-6-11-10(13)8-4-5-9(12)14-7-8/h4-5,7H,2-3,6H2,1H3,(H,11,13). The lowest BCUT2D eigenvalue weighted by Gasteiger charge is -2.02. The number of amides is 1. The van der Waals surface area contributed by atoms with Gasteiger partial charge in [0, 0.05) is 12.6 Å². The van der Waals surface area contributed by atoms with E-state index in [0.29, 0.717) is 12.1 Å². The second kappa shape index (κ2) is 5.21. The fraction of sp³-hybridized carbons (Fsp3) is 0.400. The van der Waals surface area contributed by atoms with E-state index in [2.05, 4.69) is 9.73 Å². The Balaban J connectivity index is 2.52. The van der Waals surface area contributed by atoms with Gasteiger partial charge in [-0.25, -0.2) is 4.79 Å². The van der Waals surface area contributed by atoms with E-state index < -0.39 is 5.63 Å². The number of hydrogen-bond donors (Lipinski definition) is 1. The van der Waals surface area contributed by atoms with Gasteiger partial charge in [0.1, 0.15) is 6.26 Å². The molecular weight excluding hydrogens is 182 g/mol. The van der Waals surface area contributed by atoms with Crippen LogP contribution in [0.5, 0.6) is 0 Å². The maximum Gasteiger partial charge on any atom is 0.335 e. The highest BCUT2D eigenvalue weighted by atomic mass is 16.4. The molecule has 0 aromatic carbocycles. The zero-order valence-corrected chi connectivity index (χ0v) is 8.08. The Kier molecular flexibility index (Phi) is 3.91. The van der Waals surface area contributed by atoms with Crippen molar-refractivity contribution in [2.45, 2.75) is 19.8 Å². The molecule has 0 aliphatic heterocycles. The minimum Gasteiger partial charge on any atom is -0.430 e. The average Bonchev–Trinajstić information content (AvgIpc) is 2.19. The number of unbranched alkanes of at least 4 members (excludes halogenated alkanes) is 1. The predicted octanol–water partition coefficient (Wildman–Crippen LogP) is 1.17. The van der Waals surface area contributed by atoms with Gasteiger partial charge in [-0.2, -0.15) is 0 Å². The van der Waals surface area contributed by atoms with E-state index in [9.17, 15) is 9.59 Å². The molecular formula is C10H13NO3. The second-order valence-corrected chi connectivity index (χ2v) is 2.95. The van der Waals surface area contributed by atoms with E-state index in [4.69, 9.17) is 0 Å². The summed E-state index contributed by atoms with van der Waals surface area (Å²) in [6, 6.07) is 2.68.